The van der Waals surface area contributed by atoms with Gasteiger partial charge in [-0.15, -0.1) is 0 Å². The summed E-state index contributed by atoms with van der Waals surface area (Å²) in [6.07, 6.45) is 0.791. The van der Waals surface area contributed by atoms with Crippen LogP contribution in [0.25, 0.3) is 0 Å². The molecule has 2 aromatic carbocycles. The van der Waals surface area contributed by atoms with Crippen molar-refractivity contribution in [3.8, 4) is 0 Å². The van der Waals surface area contributed by atoms with Gasteiger partial charge in [0.05, 0.1) is 16.6 Å². The summed E-state index contributed by atoms with van der Waals surface area (Å²) in [6.45, 7) is 2.06. The van der Waals surface area contributed by atoms with Crippen LogP contribution < -0.4 is 4.90 Å². The minimum absolute atomic E-state index is 0.0749. The summed E-state index contributed by atoms with van der Waals surface area (Å²) in [7, 11) is 1.93. The van der Waals surface area contributed by atoms with Gasteiger partial charge in [-0.05, 0) is 36.8 Å². The molecule has 4 heteroatoms. The Morgan fingerprint density at radius 1 is 1.15 bits per heavy atom. The van der Waals surface area contributed by atoms with Gasteiger partial charge >= 0.3 is 0 Å². The second-order valence-electron chi connectivity index (χ2n) is 4.63. The van der Waals surface area contributed by atoms with Crippen LogP contribution >= 0.6 is 23.2 Å². The number of anilines is 1. The van der Waals surface area contributed by atoms with Crippen molar-refractivity contribution in [2.45, 2.75) is 13.0 Å². The van der Waals surface area contributed by atoms with Gasteiger partial charge in [0.15, 0.2) is 6.29 Å². The first-order valence-corrected chi connectivity index (χ1v) is 7.02. The molecular formula is C16H15Cl2NO. The lowest BCUT2D eigenvalue weighted by atomic mass is 10.1. The molecule has 0 aliphatic heterocycles. The number of rotatable bonds is 4. The Labute approximate surface area is 128 Å². The van der Waals surface area contributed by atoms with E-state index < -0.39 is 0 Å². The number of halogens is 2. The quantitative estimate of drug-likeness (QED) is 0.741. The summed E-state index contributed by atoms with van der Waals surface area (Å²) in [5, 5.41) is 1.16. The second kappa shape index (κ2) is 6.29. The third-order valence-corrected chi connectivity index (χ3v) is 4.00. The van der Waals surface area contributed by atoms with E-state index in [2.05, 4.69) is 6.92 Å². The molecule has 0 amide bonds. The molecule has 0 aliphatic carbocycles. The van der Waals surface area contributed by atoms with Gasteiger partial charge in [0.25, 0.3) is 0 Å². The zero-order valence-corrected chi connectivity index (χ0v) is 12.8. The molecule has 0 heterocycles. The summed E-state index contributed by atoms with van der Waals surface area (Å²) < 4.78 is 0. The first-order chi connectivity index (χ1) is 9.54. The van der Waals surface area contributed by atoms with Gasteiger partial charge in [-0.3, -0.25) is 4.79 Å². The zero-order chi connectivity index (χ0) is 14.7. The maximum absolute atomic E-state index is 11.2. The minimum atomic E-state index is 0.0749. The van der Waals surface area contributed by atoms with Gasteiger partial charge in [0.1, 0.15) is 0 Å². The number of aldehydes is 1. The van der Waals surface area contributed by atoms with Crippen LogP contribution in [0.2, 0.25) is 10.0 Å². The number of hydrogen-bond acceptors (Lipinski definition) is 2. The molecule has 0 bridgehead atoms. The topological polar surface area (TPSA) is 20.3 Å². The molecule has 20 heavy (non-hydrogen) atoms. The molecule has 0 saturated carbocycles. The van der Waals surface area contributed by atoms with E-state index in [0.717, 1.165) is 17.5 Å². The Kier molecular flexibility index (Phi) is 4.69. The van der Waals surface area contributed by atoms with Crippen molar-refractivity contribution in [3.05, 3.63) is 63.6 Å². The Morgan fingerprint density at radius 3 is 2.50 bits per heavy atom. The van der Waals surface area contributed by atoms with Crippen molar-refractivity contribution in [3.63, 3.8) is 0 Å². The average Bonchev–Trinajstić information content (AvgIpc) is 2.45. The van der Waals surface area contributed by atoms with Crippen LogP contribution in [0.4, 0.5) is 5.69 Å². The first-order valence-electron chi connectivity index (χ1n) is 6.26. The number of nitrogens with zero attached hydrogens (tertiary/aromatic N) is 1. The maximum atomic E-state index is 11.2. The second-order valence-corrected chi connectivity index (χ2v) is 5.48. The minimum Gasteiger partial charge on any atom is -0.367 e. The van der Waals surface area contributed by atoms with Crippen LogP contribution in [-0.4, -0.2) is 13.3 Å². The van der Waals surface area contributed by atoms with Crippen molar-refractivity contribution in [2.24, 2.45) is 0 Å². The Bertz CT molecular complexity index is 628. The van der Waals surface area contributed by atoms with Crippen LogP contribution in [0, 0.1) is 0 Å². The Balaban J connectivity index is 2.38. The van der Waals surface area contributed by atoms with Crippen molar-refractivity contribution in [2.75, 3.05) is 11.9 Å². The fourth-order valence-electron chi connectivity index (χ4n) is 2.15. The Hall–Kier alpha value is -1.51. The van der Waals surface area contributed by atoms with Gasteiger partial charge in [-0.2, -0.15) is 0 Å². The van der Waals surface area contributed by atoms with E-state index >= 15 is 0 Å². The van der Waals surface area contributed by atoms with E-state index in [1.54, 1.807) is 6.07 Å². The molecule has 0 radical (unpaired) electrons. The summed E-state index contributed by atoms with van der Waals surface area (Å²) in [5.41, 5.74) is 2.39. The molecule has 2 aromatic rings. The van der Waals surface area contributed by atoms with E-state index in [9.17, 15) is 4.79 Å². The van der Waals surface area contributed by atoms with Crippen molar-refractivity contribution >= 4 is 35.2 Å². The molecule has 0 spiro atoms. The lowest BCUT2D eigenvalue weighted by molar-refractivity contribution is 0.112. The van der Waals surface area contributed by atoms with Crippen LogP contribution in [0.5, 0.6) is 0 Å². The van der Waals surface area contributed by atoms with Crippen LogP contribution in [0.15, 0.2) is 42.5 Å². The van der Waals surface area contributed by atoms with E-state index in [-0.39, 0.29) is 6.04 Å². The fourth-order valence-corrected chi connectivity index (χ4v) is 2.56. The predicted molar refractivity (Wildman–Crippen MR) is 85.1 cm³/mol. The standard InChI is InChI=1S/C16H15Cl2NO/c1-11(12-5-3-6-13(17)9-12)19(2)16-8-4-7-15(18)14(16)10-20/h3-11H,1-2H3. The molecule has 2 rings (SSSR count). The van der Waals surface area contributed by atoms with Gasteiger partial charge in [-0.1, -0.05) is 41.4 Å². The van der Waals surface area contributed by atoms with E-state index in [4.69, 9.17) is 23.2 Å². The smallest absolute Gasteiger partial charge is 0.153 e. The number of benzene rings is 2. The highest BCUT2D eigenvalue weighted by molar-refractivity contribution is 6.33. The Morgan fingerprint density at radius 2 is 1.85 bits per heavy atom. The first kappa shape index (κ1) is 14.9. The predicted octanol–water partition coefficient (Wildman–Crippen LogP) is 5.00. The van der Waals surface area contributed by atoms with Gasteiger partial charge < -0.3 is 4.90 Å². The zero-order valence-electron chi connectivity index (χ0n) is 11.3. The molecule has 0 fully saturated rings. The highest BCUT2D eigenvalue weighted by Crippen LogP contribution is 2.31. The lowest BCUT2D eigenvalue weighted by Crippen LogP contribution is -2.22. The molecular weight excluding hydrogens is 293 g/mol. The monoisotopic (exact) mass is 307 g/mol. The van der Waals surface area contributed by atoms with Gasteiger partial charge in [-0.25, -0.2) is 0 Å². The average molecular weight is 308 g/mol. The van der Waals surface area contributed by atoms with E-state index in [1.807, 2.05) is 48.3 Å². The molecule has 2 nitrogen and oxygen atoms in total. The SMILES string of the molecule is CC(c1cccc(Cl)c1)N(C)c1cccc(Cl)c1C=O. The summed E-state index contributed by atoms with van der Waals surface area (Å²) in [5.74, 6) is 0. The highest BCUT2D eigenvalue weighted by Gasteiger charge is 2.16. The molecule has 0 aliphatic rings. The highest BCUT2D eigenvalue weighted by atomic mass is 35.5. The molecule has 0 saturated heterocycles. The van der Waals surface area contributed by atoms with Crippen molar-refractivity contribution in [1.29, 1.82) is 0 Å². The molecule has 0 aromatic heterocycles. The summed E-state index contributed by atoms with van der Waals surface area (Å²) in [4.78, 5) is 13.2. The van der Waals surface area contributed by atoms with Crippen molar-refractivity contribution < 1.29 is 4.79 Å². The number of carbonyl (C=O) groups excluding carboxylic acids is 1. The third-order valence-electron chi connectivity index (χ3n) is 3.44. The summed E-state index contributed by atoms with van der Waals surface area (Å²) in [6, 6.07) is 13.2. The van der Waals surface area contributed by atoms with Crippen molar-refractivity contribution in [1.82, 2.24) is 0 Å². The summed E-state index contributed by atoms with van der Waals surface area (Å²) >= 11 is 12.1. The van der Waals surface area contributed by atoms with Crippen LogP contribution in [0.1, 0.15) is 28.9 Å². The van der Waals surface area contributed by atoms with Gasteiger partial charge in [0, 0.05) is 17.8 Å². The van der Waals surface area contributed by atoms with E-state index in [1.165, 1.54) is 0 Å². The van der Waals surface area contributed by atoms with Crippen LogP contribution in [0.3, 0.4) is 0 Å². The number of hydrogen-bond donors (Lipinski definition) is 0. The van der Waals surface area contributed by atoms with Crippen LogP contribution in [-0.2, 0) is 0 Å². The largest absolute Gasteiger partial charge is 0.367 e. The molecule has 1 atom stereocenters. The maximum Gasteiger partial charge on any atom is 0.153 e. The normalized spacial score (nSPS) is 12.0. The fraction of sp³-hybridized carbons (Fsp3) is 0.188. The number of carbonyl (C=O) groups is 1. The third kappa shape index (κ3) is 2.97. The van der Waals surface area contributed by atoms with Gasteiger partial charge in [0.2, 0.25) is 0 Å². The molecule has 104 valence electrons. The molecule has 1 unspecified atom stereocenters. The lowest BCUT2D eigenvalue weighted by Gasteiger charge is -2.29. The molecule has 0 N–H and O–H groups in total. The van der Waals surface area contributed by atoms with E-state index in [0.29, 0.717) is 15.6 Å².